The highest BCUT2D eigenvalue weighted by atomic mass is 16.5. The summed E-state index contributed by atoms with van der Waals surface area (Å²) in [7, 11) is 0. The quantitative estimate of drug-likeness (QED) is 0.691. The van der Waals surface area contributed by atoms with Crippen molar-refractivity contribution in [3.63, 3.8) is 0 Å². The van der Waals surface area contributed by atoms with E-state index in [1.165, 1.54) is 17.5 Å². The molecule has 0 aliphatic heterocycles. The highest BCUT2D eigenvalue weighted by Gasteiger charge is 2.32. The van der Waals surface area contributed by atoms with E-state index in [2.05, 4.69) is 36.5 Å². The minimum absolute atomic E-state index is 0.00391. The third kappa shape index (κ3) is 4.35. The van der Waals surface area contributed by atoms with Gasteiger partial charge in [-0.25, -0.2) is 4.79 Å². The molecule has 2 aliphatic carbocycles. The maximum absolute atomic E-state index is 12.6. The van der Waals surface area contributed by atoms with Crippen molar-refractivity contribution in [2.45, 2.75) is 51.0 Å². The van der Waals surface area contributed by atoms with Gasteiger partial charge >= 0.3 is 12.1 Å². The molecule has 1 fully saturated rings. The number of fused-ring (bicyclic) bond motifs is 3. The summed E-state index contributed by atoms with van der Waals surface area (Å²) in [5.41, 5.74) is 4.69. The minimum Gasteiger partial charge on any atom is -0.481 e. The second-order valence-electron chi connectivity index (χ2n) is 8.71. The van der Waals surface area contributed by atoms with Crippen LogP contribution >= 0.6 is 0 Å². The number of carbonyl (C=O) groups excluding carboxylic acids is 1. The first-order valence-corrected chi connectivity index (χ1v) is 10.9. The van der Waals surface area contributed by atoms with Gasteiger partial charge in [0.2, 0.25) is 0 Å². The summed E-state index contributed by atoms with van der Waals surface area (Å²) in [5, 5.41) is 12.2. The standard InChI is InChI=1S/C25H29NO4/c1-16-7-6-8-17(13-16)23(14-24(27)28)26-25(29)30-15-22-20-11-4-2-9-18(20)19-10-3-5-12-21(19)22/h2-5,9-12,16-17,22-23H,6-8,13-15H2,1H3,(H,26,29)(H,27,28)/t16?,17?,23-/m1/s1. The zero-order chi connectivity index (χ0) is 21.1. The van der Waals surface area contributed by atoms with E-state index in [9.17, 15) is 14.7 Å². The minimum atomic E-state index is -0.892. The normalized spacial score (nSPS) is 21.4. The van der Waals surface area contributed by atoms with Crippen LogP contribution in [0.5, 0.6) is 0 Å². The molecule has 2 unspecified atom stereocenters. The SMILES string of the molecule is CC1CCCC([C@@H](CC(=O)O)NC(=O)OCC2c3ccccc3-c3ccccc32)C1. The average Bonchev–Trinajstić information content (AvgIpc) is 3.05. The number of amides is 1. The fourth-order valence-electron chi connectivity index (χ4n) is 5.16. The maximum atomic E-state index is 12.6. The van der Waals surface area contributed by atoms with Gasteiger partial charge < -0.3 is 15.2 Å². The largest absolute Gasteiger partial charge is 0.481 e. The van der Waals surface area contributed by atoms with E-state index in [0.29, 0.717) is 5.92 Å². The molecule has 4 rings (SSSR count). The summed E-state index contributed by atoms with van der Waals surface area (Å²) in [5.74, 6) is -0.150. The number of benzene rings is 2. The molecule has 1 saturated carbocycles. The number of nitrogens with one attached hydrogen (secondary N) is 1. The van der Waals surface area contributed by atoms with Crippen molar-refractivity contribution >= 4 is 12.1 Å². The lowest BCUT2D eigenvalue weighted by atomic mass is 9.78. The molecule has 0 radical (unpaired) electrons. The summed E-state index contributed by atoms with van der Waals surface area (Å²) in [6.45, 7) is 2.43. The second kappa shape index (κ2) is 8.90. The molecule has 1 amide bonds. The number of carboxylic acids is 1. The van der Waals surface area contributed by atoms with Crippen LogP contribution in [0.25, 0.3) is 11.1 Å². The Kier molecular flexibility index (Phi) is 6.07. The molecule has 0 bridgehead atoms. The molecule has 0 heterocycles. The van der Waals surface area contributed by atoms with Crippen molar-refractivity contribution in [2.24, 2.45) is 11.8 Å². The topological polar surface area (TPSA) is 75.6 Å². The number of rotatable bonds is 6. The monoisotopic (exact) mass is 407 g/mol. The molecule has 0 saturated heterocycles. The highest BCUT2D eigenvalue weighted by molar-refractivity contribution is 5.79. The van der Waals surface area contributed by atoms with Crippen molar-refractivity contribution in [1.82, 2.24) is 5.32 Å². The molecule has 5 nitrogen and oxygen atoms in total. The van der Waals surface area contributed by atoms with Crippen molar-refractivity contribution < 1.29 is 19.4 Å². The summed E-state index contributed by atoms with van der Waals surface area (Å²) >= 11 is 0. The van der Waals surface area contributed by atoms with Gasteiger partial charge in [0.25, 0.3) is 0 Å². The van der Waals surface area contributed by atoms with Gasteiger partial charge in [0.1, 0.15) is 6.61 Å². The predicted molar refractivity (Wildman–Crippen MR) is 115 cm³/mol. The number of aliphatic carboxylic acids is 1. The van der Waals surface area contributed by atoms with Gasteiger partial charge in [-0.1, -0.05) is 68.3 Å². The molecular weight excluding hydrogens is 378 g/mol. The summed E-state index contributed by atoms with van der Waals surface area (Å²) in [6, 6.07) is 16.0. The molecule has 2 aliphatic rings. The Labute approximate surface area is 177 Å². The Balaban J connectivity index is 1.43. The van der Waals surface area contributed by atoms with Gasteiger partial charge in [0.15, 0.2) is 0 Å². The van der Waals surface area contributed by atoms with Crippen molar-refractivity contribution in [3.8, 4) is 11.1 Å². The summed E-state index contributed by atoms with van der Waals surface area (Å²) in [6.07, 6.45) is 3.55. The van der Waals surface area contributed by atoms with Crippen LogP contribution in [0.1, 0.15) is 56.1 Å². The van der Waals surface area contributed by atoms with Crippen LogP contribution in [-0.4, -0.2) is 29.8 Å². The summed E-state index contributed by atoms with van der Waals surface area (Å²) in [4.78, 5) is 24.0. The van der Waals surface area contributed by atoms with E-state index < -0.39 is 12.1 Å². The first-order valence-electron chi connectivity index (χ1n) is 10.9. The first-order chi connectivity index (χ1) is 14.5. The highest BCUT2D eigenvalue weighted by Crippen LogP contribution is 2.44. The molecule has 2 N–H and O–H groups in total. The fraction of sp³-hybridized carbons (Fsp3) is 0.440. The van der Waals surface area contributed by atoms with E-state index >= 15 is 0 Å². The Morgan fingerprint density at radius 3 is 2.30 bits per heavy atom. The van der Waals surface area contributed by atoms with Crippen LogP contribution in [-0.2, 0) is 9.53 Å². The van der Waals surface area contributed by atoms with E-state index in [1.54, 1.807) is 0 Å². The molecule has 158 valence electrons. The maximum Gasteiger partial charge on any atom is 0.407 e. The third-order valence-electron chi connectivity index (χ3n) is 6.59. The van der Waals surface area contributed by atoms with Crippen molar-refractivity contribution in [3.05, 3.63) is 59.7 Å². The van der Waals surface area contributed by atoms with Crippen LogP contribution in [0.4, 0.5) is 4.79 Å². The Morgan fingerprint density at radius 1 is 1.07 bits per heavy atom. The predicted octanol–water partition coefficient (Wildman–Crippen LogP) is 5.19. The van der Waals surface area contributed by atoms with E-state index in [4.69, 9.17) is 4.74 Å². The van der Waals surface area contributed by atoms with E-state index in [-0.39, 0.29) is 30.9 Å². The second-order valence-corrected chi connectivity index (χ2v) is 8.71. The Bertz CT molecular complexity index is 879. The summed E-state index contributed by atoms with van der Waals surface area (Å²) < 4.78 is 5.63. The van der Waals surface area contributed by atoms with Gasteiger partial charge in [-0.2, -0.15) is 0 Å². The van der Waals surface area contributed by atoms with Crippen LogP contribution in [0.3, 0.4) is 0 Å². The number of ether oxygens (including phenoxy) is 1. The molecule has 5 heteroatoms. The molecule has 30 heavy (non-hydrogen) atoms. The zero-order valence-electron chi connectivity index (χ0n) is 17.3. The smallest absolute Gasteiger partial charge is 0.407 e. The van der Waals surface area contributed by atoms with E-state index in [0.717, 1.165) is 30.4 Å². The average molecular weight is 408 g/mol. The molecule has 3 atom stereocenters. The van der Waals surface area contributed by atoms with Gasteiger partial charge in [0, 0.05) is 12.0 Å². The van der Waals surface area contributed by atoms with E-state index in [1.807, 2.05) is 24.3 Å². The van der Waals surface area contributed by atoms with Crippen LogP contribution < -0.4 is 5.32 Å². The van der Waals surface area contributed by atoms with Gasteiger partial charge in [-0.05, 0) is 46.9 Å². The molecule has 0 spiro atoms. The Hall–Kier alpha value is -2.82. The van der Waals surface area contributed by atoms with Crippen LogP contribution in [0, 0.1) is 11.8 Å². The fourth-order valence-corrected chi connectivity index (χ4v) is 5.16. The number of hydrogen-bond donors (Lipinski definition) is 2. The van der Waals surface area contributed by atoms with Gasteiger partial charge in [-0.15, -0.1) is 0 Å². The third-order valence-corrected chi connectivity index (χ3v) is 6.59. The zero-order valence-corrected chi connectivity index (χ0v) is 17.3. The lowest BCUT2D eigenvalue weighted by molar-refractivity contribution is -0.138. The number of hydrogen-bond acceptors (Lipinski definition) is 3. The van der Waals surface area contributed by atoms with Crippen LogP contribution in [0.2, 0.25) is 0 Å². The number of alkyl carbamates (subject to hydrolysis) is 1. The lowest BCUT2D eigenvalue weighted by Gasteiger charge is -2.33. The molecule has 2 aromatic rings. The lowest BCUT2D eigenvalue weighted by Crippen LogP contribution is -2.43. The van der Waals surface area contributed by atoms with Gasteiger partial charge in [-0.3, -0.25) is 4.79 Å². The number of carboxylic acid groups (broad SMARTS) is 1. The van der Waals surface area contributed by atoms with Crippen molar-refractivity contribution in [1.29, 1.82) is 0 Å². The Morgan fingerprint density at radius 2 is 1.70 bits per heavy atom. The molecule has 0 aromatic heterocycles. The molecule has 2 aromatic carbocycles. The van der Waals surface area contributed by atoms with Crippen molar-refractivity contribution in [2.75, 3.05) is 6.61 Å². The number of carbonyl (C=O) groups is 2. The van der Waals surface area contributed by atoms with Gasteiger partial charge in [0.05, 0.1) is 6.42 Å². The van der Waals surface area contributed by atoms with Crippen LogP contribution in [0.15, 0.2) is 48.5 Å². The molecular formula is C25H29NO4. The first kappa shape index (κ1) is 20.5.